The van der Waals surface area contributed by atoms with E-state index in [0.717, 1.165) is 18.9 Å². The molecular weight excluding hydrogens is 172 g/mol. The van der Waals surface area contributed by atoms with Crippen LogP contribution in [0.3, 0.4) is 0 Å². The van der Waals surface area contributed by atoms with Gasteiger partial charge >= 0.3 is 0 Å². The maximum atomic E-state index is 6.18. The second kappa shape index (κ2) is 5.75. The first-order valence-electron chi connectivity index (χ1n) is 6.43. The third-order valence-corrected chi connectivity index (χ3v) is 3.26. The number of ether oxygens (including phenoxy) is 1. The van der Waals surface area contributed by atoms with Crippen LogP contribution in [-0.4, -0.2) is 12.2 Å². The molecule has 1 aliphatic carbocycles. The molecule has 0 atom stereocenters. The number of hydrogen-bond acceptors (Lipinski definition) is 1. The summed E-state index contributed by atoms with van der Waals surface area (Å²) in [6, 6.07) is 0. The molecule has 1 rings (SSSR count). The minimum atomic E-state index is 0.263. The molecule has 0 aromatic rings. The molecule has 0 N–H and O–H groups in total. The molecular formula is C13H26O. The highest BCUT2D eigenvalue weighted by Gasteiger charge is 2.44. The Morgan fingerprint density at radius 2 is 1.57 bits per heavy atom. The van der Waals surface area contributed by atoms with E-state index in [9.17, 15) is 0 Å². The molecule has 0 radical (unpaired) electrons. The third kappa shape index (κ3) is 2.98. The standard InChI is InChI=1S/C13H26O/c1-4-9-13(10-5-2,12-7-8-12)14-11-6-3/h12H,4-11H2,1-3H3. The molecule has 0 heterocycles. The van der Waals surface area contributed by atoms with Crippen molar-refractivity contribution in [1.29, 1.82) is 0 Å². The number of hydrogen-bond donors (Lipinski definition) is 0. The highest BCUT2D eigenvalue weighted by Crippen LogP contribution is 2.47. The lowest BCUT2D eigenvalue weighted by Crippen LogP contribution is -2.35. The van der Waals surface area contributed by atoms with Gasteiger partial charge in [0.15, 0.2) is 0 Å². The van der Waals surface area contributed by atoms with Gasteiger partial charge in [-0.1, -0.05) is 33.6 Å². The van der Waals surface area contributed by atoms with Crippen LogP contribution in [0.15, 0.2) is 0 Å². The first kappa shape index (κ1) is 12.0. The van der Waals surface area contributed by atoms with Crippen molar-refractivity contribution in [2.45, 2.75) is 71.3 Å². The predicted molar refractivity (Wildman–Crippen MR) is 61.5 cm³/mol. The third-order valence-electron chi connectivity index (χ3n) is 3.26. The van der Waals surface area contributed by atoms with Crippen LogP contribution >= 0.6 is 0 Å². The van der Waals surface area contributed by atoms with Crippen molar-refractivity contribution in [3.8, 4) is 0 Å². The summed E-state index contributed by atoms with van der Waals surface area (Å²) in [5, 5.41) is 0. The normalized spacial score (nSPS) is 17.4. The molecule has 1 nitrogen and oxygen atoms in total. The van der Waals surface area contributed by atoms with Gasteiger partial charge in [-0.25, -0.2) is 0 Å². The van der Waals surface area contributed by atoms with E-state index in [1.165, 1.54) is 38.5 Å². The minimum absolute atomic E-state index is 0.263. The lowest BCUT2D eigenvalue weighted by molar-refractivity contribution is -0.0749. The lowest BCUT2D eigenvalue weighted by atomic mass is 9.87. The van der Waals surface area contributed by atoms with Crippen molar-refractivity contribution in [2.24, 2.45) is 5.92 Å². The zero-order valence-electron chi connectivity index (χ0n) is 10.1. The molecule has 0 spiro atoms. The van der Waals surface area contributed by atoms with E-state index in [4.69, 9.17) is 4.74 Å². The molecule has 1 aliphatic rings. The zero-order chi connectivity index (χ0) is 10.4. The SMILES string of the molecule is CCCOC(CCC)(CCC)C1CC1. The van der Waals surface area contributed by atoms with Crippen molar-refractivity contribution in [1.82, 2.24) is 0 Å². The Hall–Kier alpha value is -0.0400. The van der Waals surface area contributed by atoms with Gasteiger partial charge in [-0.05, 0) is 38.0 Å². The molecule has 0 aliphatic heterocycles. The Morgan fingerprint density at radius 1 is 1.00 bits per heavy atom. The molecule has 1 saturated carbocycles. The monoisotopic (exact) mass is 198 g/mol. The summed E-state index contributed by atoms with van der Waals surface area (Å²) >= 11 is 0. The van der Waals surface area contributed by atoms with E-state index < -0.39 is 0 Å². The Morgan fingerprint density at radius 3 is 1.93 bits per heavy atom. The van der Waals surface area contributed by atoms with E-state index in [0.29, 0.717) is 0 Å². The van der Waals surface area contributed by atoms with Gasteiger partial charge in [-0.15, -0.1) is 0 Å². The summed E-state index contributed by atoms with van der Waals surface area (Å²) in [6.45, 7) is 7.72. The summed E-state index contributed by atoms with van der Waals surface area (Å²) in [6.07, 6.45) is 9.03. The van der Waals surface area contributed by atoms with E-state index in [-0.39, 0.29) is 5.60 Å². The molecule has 0 saturated heterocycles. The fourth-order valence-corrected chi connectivity index (χ4v) is 2.56. The first-order chi connectivity index (χ1) is 6.79. The van der Waals surface area contributed by atoms with Crippen LogP contribution in [0.4, 0.5) is 0 Å². The molecule has 1 fully saturated rings. The van der Waals surface area contributed by atoms with Crippen molar-refractivity contribution >= 4 is 0 Å². The van der Waals surface area contributed by atoms with Gasteiger partial charge in [0.05, 0.1) is 5.60 Å². The van der Waals surface area contributed by atoms with Crippen LogP contribution in [0.25, 0.3) is 0 Å². The molecule has 84 valence electrons. The molecule has 14 heavy (non-hydrogen) atoms. The average molecular weight is 198 g/mol. The summed E-state index contributed by atoms with van der Waals surface area (Å²) < 4.78 is 6.18. The quantitative estimate of drug-likeness (QED) is 0.569. The minimum Gasteiger partial charge on any atom is -0.375 e. The van der Waals surface area contributed by atoms with Gasteiger partial charge in [-0.3, -0.25) is 0 Å². The molecule has 0 amide bonds. The fraction of sp³-hybridized carbons (Fsp3) is 1.00. The van der Waals surface area contributed by atoms with Gasteiger partial charge in [0.2, 0.25) is 0 Å². The van der Waals surface area contributed by atoms with Crippen molar-refractivity contribution in [2.75, 3.05) is 6.61 Å². The van der Waals surface area contributed by atoms with E-state index in [1.54, 1.807) is 0 Å². The van der Waals surface area contributed by atoms with Crippen LogP contribution < -0.4 is 0 Å². The summed E-state index contributed by atoms with van der Waals surface area (Å²) in [5.41, 5.74) is 0.263. The van der Waals surface area contributed by atoms with Crippen molar-refractivity contribution < 1.29 is 4.74 Å². The van der Waals surface area contributed by atoms with Gasteiger partial charge < -0.3 is 4.74 Å². The Kier molecular flexibility index (Phi) is 4.94. The van der Waals surface area contributed by atoms with E-state index in [2.05, 4.69) is 20.8 Å². The first-order valence-corrected chi connectivity index (χ1v) is 6.43. The van der Waals surface area contributed by atoms with Gasteiger partial charge in [-0.2, -0.15) is 0 Å². The Balaban J connectivity index is 2.51. The maximum absolute atomic E-state index is 6.18. The lowest BCUT2D eigenvalue weighted by Gasteiger charge is -2.34. The molecule has 0 bridgehead atoms. The topological polar surface area (TPSA) is 9.23 Å². The average Bonchev–Trinajstić information content (AvgIpc) is 2.98. The molecule has 0 aromatic heterocycles. The second-order valence-corrected chi connectivity index (χ2v) is 4.69. The number of rotatable bonds is 8. The van der Waals surface area contributed by atoms with E-state index in [1.807, 2.05) is 0 Å². The predicted octanol–water partition coefficient (Wildman–Crippen LogP) is 4.16. The maximum Gasteiger partial charge on any atom is 0.0710 e. The van der Waals surface area contributed by atoms with Crippen LogP contribution in [0.2, 0.25) is 0 Å². The van der Waals surface area contributed by atoms with Crippen LogP contribution in [0.1, 0.15) is 65.7 Å². The summed E-state index contributed by atoms with van der Waals surface area (Å²) in [5.74, 6) is 0.883. The van der Waals surface area contributed by atoms with Crippen LogP contribution in [0.5, 0.6) is 0 Å². The van der Waals surface area contributed by atoms with Crippen LogP contribution in [-0.2, 0) is 4.74 Å². The van der Waals surface area contributed by atoms with Gasteiger partial charge in [0.25, 0.3) is 0 Å². The second-order valence-electron chi connectivity index (χ2n) is 4.69. The molecule has 0 aromatic carbocycles. The van der Waals surface area contributed by atoms with Gasteiger partial charge in [0.1, 0.15) is 0 Å². The van der Waals surface area contributed by atoms with Crippen molar-refractivity contribution in [3.63, 3.8) is 0 Å². The van der Waals surface area contributed by atoms with E-state index >= 15 is 0 Å². The molecule has 1 heteroatoms. The largest absolute Gasteiger partial charge is 0.375 e. The van der Waals surface area contributed by atoms with Gasteiger partial charge in [0, 0.05) is 6.61 Å². The Labute approximate surface area is 89.2 Å². The smallest absolute Gasteiger partial charge is 0.0710 e. The Bertz CT molecular complexity index is 143. The van der Waals surface area contributed by atoms with Crippen LogP contribution in [0, 0.1) is 5.92 Å². The summed E-state index contributed by atoms with van der Waals surface area (Å²) in [4.78, 5) is 0. The molecule has 0 unspecified atom stereocenters. The highest BCUT2D eigenvalue weighted by molar-refractivity contribution is 4.95. The zero-order valence-corrected chi connectivity index (χ0v) is 10.1. The summed E-state index contributed by atoms with van der Waals surface area (Å²) in [7, 11) is 0. The van der Waals surface area contributed by atoms with Crippen molar-refractivity contribution in [3.05, 3.63) is 0 Å². The fourth-order valence-electron chi connectivity index (χ4n) is 2.56. The highest BCUT2D eigenvalue weighted by atomic mass is 16.5.